The number of rotatable bonds is 8. The summed E-state index contributed by atoms with van der Waals surface area (Å²) in [5.74, 6) is -0.684. The zero-order chi connectivity index (χ0) is 26.8. The first-order valence-corrected chi connectivity index (χ1v) is 12.4. The van der Waals surface area contributed by atoms with Gasteiger partial charge in [0.25, 0.3) is 5.91 Å². The average molecular weight is 527 g/mol. The lowest BCUT2D eigenvalue weighted by molar-refractivity contribution is -0.143. The third kappa shape index (κ3) is 5.75. The van der Waals surface area contributed by atoms with Crippen LogP contribution in [0.2, 0.25) is 5.02 Å². The van der Waals surface area contributed by atoms with E-state index >= 15 is 0 Å². The van der Waals surface area contributed by atoms with E-state index in [2.05, 4.69) is 15.4 Å². The summed E-state index contributed by atoms with van der Waals surface area (Å²) in [6.07, 6.45) is 3.78. The maximum Gasteiger partial charge on any atom is 0.256 e. The largest absolute Gasteiger partial charge is 0.489 e. The van der Waals surface area contributed by atoms with E-state index in [0.717, 1.165) is 11.3 Å². The molecule has 4 rings (SSSR count). The van der Waals surface area contributed by atoms with Gasteiger partial charge in [-0.2, -0.15) is 5.10 Å². The minimum atomic E-state index is -1.21. The van der Waals surface area contributed by atoms with Gasteiger partial charge in [0, 0.05) is 38.8 Å². The zero-order valence-corrected chi connectivity index (χ0v) is 21.9. The van der Waals surface area contributed by atoms with Crippen LogP contribution in [0.4, 0.5) is 0 Å². The number of benzene rings is 1. The lowest BCUT2D eigenvalue weighted by atomic mass is 9.73. The van der Waals surface area contributed by atoms with Gasteiger partial charge in [0.05, 0.1) is 22.5 Å². The second-order valence-electron chi connectivity index (χ2n) is 10.0. The summed E-state index contributed by atoms with van der Waals surface area (Å²) in [4.78, 5) is 45.5. The van der Waals surface area contributed by atoms with E-state index in [0.29, 0.717) is 30.2 Å². The van der Waals surface area contributed by atoms with Gasteiger partial charge in [-0.1, -0.05) is 41.9 Å². The number of hydrogen-bond donors (Lipinski definition) is 2. The van der Waals surface area contributed by atoms with Crippen LogP contribution in [0, 0.1) is 5.41 Å². The van der Waals surface area contributed by atoms with E-state index < -0.39 is 22.9 Å². The Morgan fingerprint density at radius 3 is 2.68 bits per heavy atom. The summed E-state index contributed by atoms with van der Waals surface area (Å²) in [5.41, 5.74) is 5.53. The Labute approximate surface area is 220 Å². The van der Waals surface area contributed by atoms with E-state index in [-0.39, 0.29) is 25.0 Å². The SMILES string of the molecule is CN1N=C2CCN(C(=O)C(COc3cncc(Cl)c3)NC(=O)C(C)(C)N)C[C@@]2(Cc2ccccc2)C1=O. The normalized spacial score (nSPS) is 20.2. The molecule has 3 heterocycles. The van der Waals surface area contributed by atoms with Crippen molar-refractivity contribution in [3.05, 3.63) is 59.4 Å². The second kappa shape index (κ2) is 10.5. The van der Waals surface area contributed by atoms with E-state index in [4.69, 9.17) is 22.1 Å². The molecule has 2 aliphatic heterocycles. The van der Waals surface area contributed by atoms with E-state index in [1.165, 1.54) is 17.4 Å². The molecule has 1 aromatic heterocycles. The molecule has 2 aromatic rings. The molecule has 1 fully saturated rings. The predicted octanol–water partition coefficient (Wildman–Crippen LogP) is 1.63. The quantitative estimate of drug-likeness (QED) is 0.537. The van der Waals surface area contributed by atoms with Gasteiger partial charge in [0.15, 0.2) is 0 Å². The number of hydrazone groups is 1. The molecule has 3 N–H and O–H groups in total. The minimum Gasteiger partial charge on any atom is -0.489 e. The molecule has 0 aliphatic carbocycles. The van der Waals surface area contributed by atoms with Crippen LogP contribution >= 0.6 is 11.6 Å². The number of piperidine rings is 1. The fraction of sp³-hybridized carbons (Fsp3) is 0.423. The molecule has 11 heteroatoms. The number of aromatic nitrogens is 1. The third-order valence-electron chi connectivity index (χ3n) is 6.55. The van der Waals surface area contributed by atoms with Crippen LogP contribution < -0.4 is 15.8 Å². The number of pyridine rings is 1. The molecule has 2 atom stereocenters. The molecular formula is C26H31ClN6O4. The summed E-state index contributed by atoms with van der Waals surface area (Å²) in [7, 11) is 1.63. The van der Waals surface area contributed by atoms with Crippen molar-refractivity contribution >= 4 is 35.0 Å². The van der Waals surface area contributed by atoms with Crippen molar-refractivity contribution < 1.29 is 19.1 Å². The molecule has 37 heavy (non-hydrogen) atoms. The first kappa shape index (κ1) is 26.6. The second-order valence-corrected chi connectivity index (χ2v) is 10.5. The van der Waals surface area contributed by atoms with E-state index in [1.54, 1.807) is 31.9 Å². The van der Waals surface area contributed by atoms with Gasteiger partial charge in [-0.15, -0.1) is 0 Å². The Morgan fingerprint density at radius 2 is 2.00 bits per heavy atom. The molecular weight excluding hydrogens is 496 g/mol. The third-order valence-corrected chi connectivity index (χ3v) is 6.76. The highest BCUT2D eigenvalue weighted by Gasteiger charge is 2.54. The van der Waals surface area contributed by atoms with Gasteiger partial charge < -0.3 is 20.7 Å². The van der Waals surface area contributed by atoms with Gasteiger partial charge in [-0.3, -0.25) is 19.4 Å². The Bertz CT molecular complexity index is 1220. The Balaban J connectivity index is 1.58. The summed E-state index contributed by atoms with van der Waals surface area (Å²) >= 11 is 6.00. The first-order chi connectivity index (χ1) is 17.5. The summed E-state index contributed by atoms with van der Waals surface area (Å²) < 4.78 is 5.77. The molecule has 1 saturated heterocycles. The number of amides is 3. The number of carbonyl (C=O) groups is 3. The highest BCUT2D eigenvalue weighted by atomic mass is 35.5. The predicted molar refractivity (Wildman–Crippen MR) is 139 cm³/mol. The number of carbonyl (C=O) groups excluding carboxylic acids is 3. The standard InChI is InChI=1S/C26H31ClN6O4/c1-25(2,28)23(35)30-20(15-37-19-11-18(27)13-29-14-19)22(34)33-10-9-21-26(16-33,24(36)32(3)31-21)12-17-7-5-4-6-8-17/h4-8,11,13-14,20H,9-10,12,15-16,28H2,1-3H3,(H,30,35)/t20?,26-/m1/s1. The first-order valence-electron chi connectivity index (χ1n) is 12.0. The molecule has 10 nitrogen and oxygen atoms in total. The van der Waals surface area contributed by atoms with Gasteiger partial charge >= 0.3 is 0 Å². The summed E-state index contributed by atoms with van der Waals surface area (Å²) in [5, 5.41) is 8.95. The smallest absolute Gasteiger partial charge is 0.256 e. The fourth-order valence-electron chi connectivity index (χ4n) is 4.61. The Morgan fingerprint density at radius 1 is 1.27 bits per heavy atom. The molecule has 0 bridgehead atoms. The van der Waals surface area contributed by atoms with Crippen molar-refractivity contribution in [2.24, 2.45) is 16.3 Å². The maximum absolute atomic E-state index is 13.8. The van der Waals surface area contributed by atoms with Crippen molar-refractivity contribution in [3.63, 3.8) is 0 Å². The molecule has 2 aliphatic rings. The van der Waals surface area contributed by atoms with Gasteiger partial charge in [-0.05, 0) is 25.8 Å². The van der Waals surface area contributed by atoms with Gasteiger partial charge in [0.2, 0.25) is 11.8 Å². The lowest BCUT2D eigenvalue weighted by Gasteiger charge is -2.40. The highest BCUT2D eigenvalue weighted by Crippen LogP contribution is 2.38. The number of ether oxygens (including phenoxy) is 1. The summed E-state index contributed by atoms with van der Waals surface area (Å²) in [6.45, 7) is 3.43. The highest BCUT2D eigenvalue weighted by molar-refractivity contribution is 6.30. The fourth-order valence-corrected chi connectivity index (χ4v) is 4.77. The number of fused-ring (bicyclic) bond motifs is 1. The van der Waals surface area contributed by atoms with Gasteiger partial charge in [0.1, 0.15) is 23.8 Å². The van der Waals surface area contributed by atoms with Crippen molar-refractivity contribution in [1.29, 1.82) is 0 Å². The molecule has 0 spiro atoms. The van der Waals surface area contributed by atoms with Crippen molar-refractivity contribution in [2.45, 2.75) is 38.3 Å². The Hall–Kier alpha value is -3.50. The molecule has 3 amide bonds. The Kier molecular flexibility index (Phi) is 7.52. The van der Waals surface area contributed by atoms with Crippen LogP contribution in [0.3, 0.4) is 0 Å². The minimum absolute atomic E-state index is 0.139. The number of nitrogens with two attached hydrogens (primary N) is 1. The number of nitrogens with one attached hydrogen (secondary N) is 1. The topological polar surface area (TPSA) is 130 Å². The lowest BCUT2D eigenvalue weighted by Crippen LogP contribution is -2.62. The van der Waals surface area contributed by atoms with Crippen LogP contribution in [-0.4, -0.2) is 76.7 Å². The van der Waals surface area contributed by atoms with Crippen LogP contribution in [0.15, 0.2) is 53.9 Å². The van der Waals surface area contributed by atoms with E-state index in [1.807, 2.05) is 30.3 Å². The number of hydrogen-bond acceptors (Lipinski definition) is 7. The molecule has 0 radical (unpaired) electrons. The van der Waals surface area contributed by atoms with Crippen molar-refractivity contribution in [1.82, 2.24) is 20.2 Å². The monoisotopic (exact) mass is 526 g/mol. The number of likely N-dealkylation sites (tertiary alicyclic amines) is 1. The molecule has 0 saturated carbocycles. The average Bonchev–Trinajstić information content (AvgIpc) is 3.10. The van der Waals surface area contributed by atoms with Crippen molar-refractivity contribution in [3.8, 4) is 5.75 Å². The molecule has 1 aromatic carbocycles. The zero-order valence-electron chi connectivity index (χ0n) is 21.1. The van der Waals surface area contributed by atoms with Crippen LogP contribution in [0.25, 0.3) is 0 Å². The maximum atomic E-state index is 13.8. The van der Waals surface area contributed by atoms with Crippen LogP contribution in [0.5, 0.6) is 5.75 Å². The molecule has 1 unspecified atom stereocenters. The van der Waals surface area contributed by atoms with Crippen LogP contribution in [0.1, 0.15) is 25.8 Å². The summed E-state index contributed by atoms with van der Waals surface area (Å²) in [6, 6.07) is 10.2. The van der Waals surface area contributed by atoms with Crippen molar-refractivity contribution in [2.75, 3.05) is 26.7 Å². The molecule has 196 valence electrons. The van der Waals surface area contributed by atoms with Gasteiger partial charge in [-0.25, -0.2) is 5.01 Å². The van der Waals surface area contributed by atoms with E-state index in [9.17, 15) is 14.4 Å². The number of nitrogens with zero attached hydrogens (tertiary/aromatic N) is 4. The van der Waals surface area contributed by atoms with Crippen LogP contribution in [-0.2, 0) is 20.8 Å². The number of halogens is 1.